The smallest absolute Gasteiger partial charge is 0.254 e. The molecule has 0 saturated carbocycles. The molecule has 0 aliphatic carbocycles. The number of carbonyl (C=O) groups is 1. The highest BCUT2D eigenvalue weighted by atomic mass is 16.3. The summed E-state index contributed by atoms with van der Waals surface area (Å²) in [6.07, 6.45) is 5.46. The molecule has 0 radical (unpaired) electrons. The van der Waals surface area contributed by atoms with Gasteiger partial charge in [0.2, 0.25) is 0 Å². The summed E-state index contributed by atoms with van der Waals surface area (Å²) >= 11 is 0. The van der Waals surface area contributed by atoms with Gasteiger partial charge in [0, 0.05) is 18.1 Å². The van der Waals surface area contributed by atoms with Crippen molar-refractivity contribution < 1.29 is 9.21 Å². The topological polar surface area (TPSA) is 55.1 Å². The Morgan fingerprint density at radius 1 is 1.20 bits per heavy atom. The van der Waals surface area contributed by atoms with Crippen LogP contribution in [0.4, 0.5) is 0 Å². The van der Waals surface area contributed by atoms with Crippen LogP contribution in [0.5, 0.6) is 0 Å². The first-order chi connectivity index (χ1) is 9.84. The number of pyridine rings is 1. The molecule has 0 aliphatic heterocycles. The van der Waals surface area contributed by atoms with E-state index in [-0.39, 0.29) is 5.91 Å². The summed E-state index contributed by atoms with van der Waals surface area (Å²) in [6.45, 7) is 0.569. The predicted octanol–water partition coefficient (Wildman–Crippen LogP) is 2.80. The molecule has 2 heterocycles. The van der Waals surface area contributed by atoms with E-state index in [9.17, 15) is 4.79 Å². The fraction of sp³-hybridized carbons (Fsp3) is 0.125. The number of furan rings is 1. The summed E-state index contributed by atoms with van der Waals surface area (Å²) in [5, 5.41) is 3.99. The summed E-state index contributed by atoms with van der Waals surface area (Å²) < 4.78 is 4.89. The van der Waals surface area contributed by atoms with Crippen LogP contribution in [0.2, 0.25) is 0 Å². The lowest BCUT2D eigenvalue weighted by Gasteiger charge is -2.06. The average molecular weight is 266 g/mol. The predicted molar refractivity (Wildman–Crippen MR) is 76.5 cm³/mol. The first kappa shape index (κ1) is 12.4. The second kappa shape index (κ2) is 5.57. The lowest BCUT2D eigenvalue weighted by atomic mass is 10.1. The van der Waals surface area contributed by atoms with Crippen molar-refractivity contribution in [1.82, 2.24) is 10.3 Å². The number of aromatic nitrogens is 1. The lowest BCUT2D eigenvalue weighted by molar-refractivity contribution is 0.0953. The molecule has 0 saturated heterocycles. The number of hydrogen-bond acceptors (Lipinski definition) is 3. The summed E-state index contributed by atoms with van der Waals surface area (Å²) in [7, 11) is 0. The van der Waals surface area contributed by atoms with E-state index in [1.807, 2.05) is 30.3 Å². The molecule has 2 aromatic heterocycles. The molecule has 20 heavy (non-hydrogen) atoms. The van der Waals surface area contributed by atoms with E-state index >= 15 is 0 Å². The van der Waals surface area contributed by atoms with Crippen LogP contribution in [-0.2, 0) is 6.42 Å². The summed E-state index contributed by atoms with van der Waals surface area (Å²) in [6, 6.07) is 11.7. The molecular formula is C16H14N2O2. The van der Waals surface area contributed by atoms with Crippen molar-refractivity contribution in [2.24, 2.45) is 0 Å². The van der Waals surface area contributed by atoms with Gasteiger partial charge in [0.25, 0.3) is 5.91 Å². The minimum Gasteiger partial charge on any atom is -0.472 e. The third-order valence-corrected chi connectivity index (χ3v) is 3.18. The maximum atomic E-state index is 11.8. The van der Waals surface area contributed by atoms with Gasteiger partial charge >= 0.3 is 0 Å². The van der Waals surface area contributed by atoms with Crippen molar-refractivity contribution in [3.8, 4) is 0 Å². The molecule has 1 amide bonds. The van der Waals surface area contributed by atoms with Gasteiger partial charge in [-0.3, -0.25) is 9.78 Å². The van der Waals surface area contributed by atoms with Crippen molar-refractivity contribution in [2.45, 2.75) is 6.42 Å². The molecule has 0 unspecified atom stereocenters. The monoisotopic (exact) mass is 266 g/mol. The van der Waals surface area contributed by atoms with Gasteiger partial charge in [-0.15, -0.1) is 0 Å². The van der Waals surface area contributed by atoms with Crippen molar-refractivity contribution >= 4 is 16.8 Å². The molecule has 100 valence electrons. The fourth-order valence-corrected chi connectivity index (χ4v) is 2.18. The van der Waals surface area contributed by atoms with Gasteiger partial charge in [-0.05, 0) is 24.1 Å². The van der Waals surface area contributed by atoms with Crippen LogP contribution in [0.1, 0.15) is 15.9 Å². The third kappa shape index (κ3) is 2.54. The van der Waals surface area contributed by atoms with Gasteiger partial charge in [0.1, 0.15) is 6.26 Å². The second-order valence-corrected chi connectivity index (χ2v) is 4.51. The zero-order chi connectivity index (χ0) is 13.8. The molecule has 3 aromatic rings. The SMILES string of the molecule is O=C(NCCc1cccc2cccnc12)c1ccoc1. The van der Waals surface area contributed by atoms with Gasteiger partial charge in [0.05, 0.1) is 17.3 Å². The van der Waals surface area contributed by atoms with Crippen molar-refractivity contribution in [3.63, 3.8) is 0 Å². The fourth-order valence-electron chi connectivity index (χ4n) is 2.18. The van der Waals surface area contributed by atoms with Gasteiger partial charge in [-0.2, -0.15) is 0 Å². The van der Waals surface area contributed by atoms with Gasteiger partial charge < -0.3 is 9.73 Å². The third-order valence-electron chi connectivity index (χ3n) is 3.18. The molecule has 0 bridgehead atoms. The number of fused-ring (bicyclic) bond motifs is 1. The van der Waals surface area contributed by atoms with Gasteiger partial charge in [-0.25, -0.2) is 0 Å². The van der Waals surface area contributed by atoms with Gasteiger partial charge in [-0.1, -0.05) is 24.3 Å². The van der Waals surface area contributed by atoms with E-state index in [1.54, 1.807) is 12.3 Å². The van der Waals surface area contributed by atoms with E-state index in [2.05, 4.69) is 10.3 Å². The van der Waals surface area contributed by atoms with Crippen LogP contribution in [0.15, 0.2) is 59.5 Å². The minimum absolute atomic E-state index is 0.119. The number of hydrogen-bond donors (Lipinski definition) is 1. The molecule has 3 rings (SSSR count). The maximum absolute atomic E-state index is 11.8. The van der Waals surface area contributed by atoms with Crippen LogP contribution < -0.4 is 5.32 Å². The quantitative estimate of drug-likeness (QED) is 0.790. The number of nitrogens with one attached hydrogen (secondary N) is 1. The molecule has 1 N–H and O–H groups in total. The first-order valence-electron chi connectivity index (χ1n) is 6.47. The highest BCUT2D eigenvalue weighted by molar-refractivity contribution is 5.93. The van der Waals surface area contributed by atoms with Crippen molar-refractivity contribution in [1.29, 1.82) is 0 Å². The minimum atomic E-state index is -0.119. The lowest BCUT2D eigenvalue weighted by Crippen LogP contribution is -2.25. The zero-order valence-electron chi connectivity index (χ0n) is 10.9. The summed E-state index contributed by atoms with van der Waals surface area (Å²) in [5.74, 6) is -0.119. The largest absolute Gasteiger partial charge is 0.472 e. The van der Waals surface area contributed by atoms with E-state index in [0.717, 1.165) is 22.9 Å². The Labute approximate surface area is 116 Å². The first-order valence-corrected chi connectivity index (χ1v) is 6.47. The van der Waals surface area contributed by atoms with Crippen LogP contribution >= 0.6 is 0 Å². The van der Waals surface area contributed by atoms with E-state index < -0.39 is 0 Å². The van der Waals surface area contributed by atoms with Crippen molar-refractivity contribution in [3.05, 3.63) is 66.2 Å². The number of carbonyl (C=O) groups excluding carboxylic acids is 1. The Morgan fingerprint density at radius 2 is 2.10 bits per heavy atom. The normalized spacial score (nSPS) is 10.6. The number of amides is 1. The van der Waals surface area contributed by atoms with Gasteiger partial charge in [0.15, 0.2) is 0 Å². The highest BCUT2D eigenvalue weighted by Crippen LogP contribution is 2.16. The molecule has 0 fully saturated rings. The van der Waals surface area contributed by atoms with E-state index in [0.29, 0.717) is 12.1 Å². The molecule has 0 spiro atoms. The molecule has 1 aromatic carbocycles. The highest BCUT2D eigenvalue weighted by Gasteiger charge is 2.06. The Bertz CT molecular complexity index is 715. The zero-order valence-corrected chi connectivity index (χ0v) is 10.9. The van der Waals surface area contributed by atoms with Crippen LogP contribution in [0.25, 0.3) is 10.9 Å². The number of para-hydroxylation sites is 1. The summed E-state index contributed by atoms with van der Waals surface area (Å²) in [4.78, 5) is 16.2. The second-order valence-electron chi connectivity index (χ2n) is 4.51. The average Bonchev–Trinajstić information content (AvgIpc) is 3.02. The number of rotatable bonds is 4. The van der Waals surface area contributed by atoms with E-state index in [1.165, 1.54) is 12.5 Å². The van der Waals surface area contributed by atoms with Crippen LogP contribution in [-0.4, -0.2) is 17.4 Å². The Balaban J connectivity index is 1.67. The molecule has 4 heteroatoms. The number of nitrogens with zero attached hydrogens (tertiary/aromatic N) is 1. The van der Waals surface area contributed by atoms with E-state index in [4.69, 9.17) is 4.42 Å². The van der Waals surface area contributed by atoms with Crippen molar-refractivity contribution in [2.75, 3.05) is 6.54 Å². The number of benzene rings is 1. The Kier molecular flexibility index (Phi) is 3.46. The Morgan fingerprint density at radius 3 is 2.95 bits per heavy atom. The molecule has 4 nitrogen and oxygen atoms in total. The van der Waals surface area contributed by atoms with Crippen LogP contribution in [0.3, 0.4) is 0 Å². The molecular weight excluding hydrogens is 252 g/mol. The molecule has 0 atom stereocenters. The standard InChI is InChI=1S/C16H14N2O2/c19-16(14-7-10-20-11-14)18-9-6-13-4-1-3-12-5-2-8-17-15(12)13/h1-5,7-8,10-11H,6,9H2,(H,18,19). The van der Waals surface area contributed by atoms with Crippen LogP contribution in [0, 0.1) is 0 Å². The summed E-state index contributed by atoms with van der Waals surface area (Å²) in [5.41, 5.74) is 2.67. The molecule has 0 aliphatic rings. The maximum Gasteiger partial charge on any atom is 0.254 e. The Hall–Kier alpha value is -2.62.